The first kappa shape index (κ1) is 10.7. The van der Waals surface area contributed by atoms with Gasteiger partial charge in [-0.3, -0.25) is 11.3 Å². The largest absolute Gasteiger partial charge is 0.271 e. The number of nitrogens with two attached hydrogens (primary N) is 1. The van der Waals surface area contributed by atoms with Gasteiger partial charge in [-0.2, -0.15) is 0 Å². The van der Waals surface area contributed by atoms with Gasteiger partial charge >= 0.3 is 0 Å². The lowest BCUT2D eigenvalue weighted by Gasteiger charge is -2.12. The van der Waals surface area contributed by atoms with Crippen LogP contribution >= 0.6 is 0 Å². The highest BCUT2D eigenvalue weighted by molar-refractivity contribution is 5.21. The van der Waals surface area contributed by atoms with Crippen LogP contribution in [0, 0.1) is 17.7 Å². The van der Waals surface area contributed by atoms with E-state index in [2.05, 4.69) is 17.3 Å². The highest BCUT2D eigenvalue weighted by Gasteiger charge is 2.07. The molecule has 2 nitrogen and oxygen atoms in total. The molecule has 1 aromatic carbocycles. The van der Waals surface area contributed by atoms with Crippen molar-refractivity contribution in [3.05, 3.63) is 35.6 Å². The maximum Gasteiger partial charge on any atom is 0.123 e. The third kappa shape index (κ3) is 2.84. The van der Waals surface area contributed by atoms with Crippen molar-refractivity contribution < 1.29 is 4.39 Å². The molecule has 0 heterocycles. The minimum atomic E-state index is -0.257. The molecule has 14 heavy (non-hydrogen) atoms. The van der Waals surface area contributed by atoms with Gasteiger partial charge in [-0.05, 0) is 24.6 Å². The summed E-state index contributed by atoms with van der Waals surface area (Å²) in [5, 5.41) is 0. The molecule has 0 aromatic heterocycles. The van der Waals surface area contributed by atoms with Crippen LogP contribution in [0.1, 0.15) is 24.9 Å². The molecule has 0 aliphatic heterocycles. The summed E-state index contributed by atoms with van der Waals surface area (Å²) in [7, 11) is 0. The standard InChI is InChI=1S/C11H13FN2/c1-2-3-7-11(14-13)9-5-4-6-10(12)8-9/h4-6,8,11,14H,7,13H2,1H3. The van der Waals surface area contributed by atoms with Gasteiger partial charge in [-0.25, -0.2) is 4.39 Å². The van der Waals surface area contributed by atoms with Crippen LogP contribution in [0.3, 0.4) is 0 Å². The number of hydrogen-bond acceptors (Lipinski definition) is 2. The SMILES string of the molecule is CC#CCC(NN)c1cccc(F)c1. The summed E-state index contributed by atoms with van der Waals surface area (Å²) in [6, 6.07) is 6.24. The predicted molar refractivity (Wildman–Crippen MR) is 54.5 cm³/mol. The number of hydrazine groups is 1. The summed E-state index contributed by atoms with van der Waals surface area (Å²) in [5.74, 6) is 10.8. The quantitative estimate of drug-likeness (QED) is 0.435. The molecule has 0 aliphatic carbocycles. The smallest absolute Gasteiger partial charge is 0.123 e. The molecule has 0 fully saturated rings. The molecule has 0 spiro atoms. The molecule has 0 saturated carbocycles. The van der Waals surface area contributed by atoms with E-state index >= 15 is 0 Å². The van der Waals surface area contributed by atoms with Crippen molar-refractivity contribution in [3.8, 4) is 11.8 Å². The topological polar surface area (TPSA) is 38.0 Å². The summed E-state index contributed by atoms with van der Waals surface area (Å²) in [4.78, 5) is 0. The normalized spacial score (nSPS) is 11.6. The summed E-state index contributed by atoms with van der Waals surface area (Å²) in [5.41, 5.74) is 3.43. The Morgan fingerprint density at radius 1 is 1.57 bits per heavy atom. The lowest BCUT2D eigenvalue weighted by molar-refractivity contribution is 0.558. The van der Waals surface area contributed by atoms with Crippen LogP contribution in [0.15, 0.2) is 24.3 Å². The van der Waals surface area contributed by atoms with E-state index in [1.807, 2.05) is 6.07 Å². The third-order valence-electron chi connectivity index (χ3n) is 1.94. The lowest BCUT2D eigenvalue weighted by atomic mass is 10.0. The van der Waals surface area contributed by atoms with E-state index in [-0.39, 0.29) is 11.9 Å². The van der Waals surface area contributed by atoms with Crippen LogP contribution in [0.5, 0.6) is 0 Å². The molecule has 0 radical (unpaired) electrons. The fourth-order valence-electron chi connectivity index (χ4n) is 1.20. The minimum Gasteiger partial charge on any atom is -0.271 e. The average Bonchev–Trinajstić information content (AvgIpc) is 2.19. The van der Waals surface area contributed by atoms with Crippen LogP contribution in [0.4, 0.5) is 4.39 Å². The van der Waals surface area contributed by atoms with E-state index < -0.39 is 0 Å². The molecule has 1 aromatic rings. The number of benzene rings is 1. The van der Waals surface area contributed by atoms with Gasteiger partial charge in [0.2, 0.25) is 0 Å². The van der Waals surface area contributed by atoms with Gasteiger partial charge in [0.25, 0.3) is 0 Å². The Morgan fingerprint density at radius 3 is 2.93 bits per heavy atom. The lowest BCUT2D eigenvalue weighted by Crippen LogP contribution is -2.27. The fourth-order valence-corrected chi connectivity index (χ4v) is 1.20. The molecule has 0 amide bonds. The summed E-state index contributed by atoms with van der Waals surface area (Å²) in [6.07, 6.45) is 0.580. The zero-order valence-electron chi connectivity index (χ0n) is 8.05. The molecule has 1 atom stereocenters. The van der Waals surface area contributed by atoms with Gasteiger partial charge in [-0.15, -0.1) is 11.8 Å². The summed E-state index contributed by atoms with van der Waals surface area (Å²) >= 11 is 0. The van der Waals surface area contributed by atoms with Gasteiger partial charge in [0, 0.05) is 6.42 Å². The molecule has 74 valence electrons. The van der Waals surface area contributed by atoms with E-state index in [9.17, 15) is 4.39 Å². The summed E-state index contributed by atoms with van der Waals surface area (Å²) in [6.45, 7) is 1.76. The van der Waals surface area contributed by atoms with Crippen molar-refractivity contribution in [1.82, 2.24) is 5.43 Å². The van der Waals surface area contributed by atoms with Crippen molar-refractivity contribution in [1.29, 1.82) is 0 Å². The Balaban J connectivity index is 2.81. The maximum absolute atomic E-state index is 12.9. The van der Waals surface area contributed by atoms with E-state index in [4.69, 9.17) is 5.84 Å². The Kier molecular flexibility index (Phi) is 4.11. The Bertz CT molecular complexity index is 352. The first-order valence-corrected chi connectivity index (χ1v) is 4.39. The molecule has 0 bridgehead atoms. The van der Waals surface area contributed by atoms with Crippen LogP contribution < -0.4 is 11.3 Å². The first-order chi connectivity index (χ1) is 6.77. The molecular formula is C11H13FN2. The van der Waals surface area contributed by atoms with Crippen LogP contribution in [0.25, 0.3) is 0 Å². The first-order valence-electron chi connectivity index (χ1n) is 4.39. The van der Waals surface area contributed by atoms with Crippen LogP contribution in [-0.2, 0) is 0 Å². The van der Waals surface area contributed by atoms with Crippen LogP contribution in [-0.4, -0.2) is 0 Å². The van der Waals surface area contributed by atoms with Crippen molar-refractivity contribution >= 4 is 0 Å². The highest BCUT2D eigenvalue weighted by atomic mass is 19.1. The van der Waals surface area contributed by atoms with E-state index in [0.29, 0.717) is 6.42 Å². The van der Waals surface area contributed by atoms with Gasteiger partial charge in [0.05, 0.1) is 6.04 Å². The third-order valence-corrected chi connectivity index (χ3v) is 1.94. The Morgan fingerprint density at radius 2 is 2.36 bits per heavy atom. The minimum absolute atomic E-state index is 0.113. The van der Waals surface area contributed by atoms with E-state index in [0.717, 1.165) is 5.56 Å². The average molecular weight is 192 g/mol. The number of hydrogen-bond donors (Lipinski definition) is 2. The number of halogens is 1. The zero-order valence-corrected chi connectivity index (χ0v) is 8.05. The Labute approximate surface area is 83.3 Å². The van der Waals surface area contributed by atoms with Crippen molar-refractivity contribution in [3.63, 3.8) is 0 Å². The highest BCUT2D eigenvalue weighted by Crippen LogP contribution is 2.15. The van der Waals surface area contributed by atoms with Crippen molar-refractivity contribution in [2.75, 3.05) is 0 Å². The molecule has 1 unspecified atom stereocenters. The van der Waals surface area contributed by atoms with Gasteiger partial charge in [-0.1, -0.05) is 12.1 Å². The molecule has 3 heteroatoms. The molecule has 3 N–H and O–H groups in total. The number of nitrogens with one attached hydrogen (secondary N) is 1. The van der Waals surface area contributed by atoms with Crippen molar-refractivity contribution in [2.45, 2.75) is 19.4 Å². The summed E-state index contributed by atoms with van der Waals surface area (Å²) < 4.78 is 12.9. The molecule has 0 aliphatic rings. The number of rotatable bonds is 3. The zero-order chi connectivity index (χ0) is 10.4. The van der Waals surface area contributed by atoms with Gasteiger partial charge in [0.1, 0.15) is 5.82 Å². The van der Waals surface area contributed by atoms with Crippen molar-refractivity contribution in [2.24, 2.45) is 5.84 Å². The molecule has 1 rings (SSSR count). The van der Waals surface area contributed by atoms with Gasteiger partial charge < -0.3 is 0 Å². The monoisotopic (exact) mass is 192 g/mol. The maximum atomic E-state index is 12.9. The molecular weight excluding hydrogens is 179 g/mol. The second-order valence-electron chi connectivity index (χ2n) is 2.91. The fraction of sp³-hybridized carbons (Fsp3) is 0.273. The Hall–Kier alpha value is -1.37. The predicted octanol–water partition coefficient (Wildman–Crippen LogP) is 1.74. The van der Waals surface area contributed by atoms with Crippen LogP contribution in [0.2, 0.25) is 0 Å². The molecule has 0 saturated heterocycles. The van der Waals surface area contributed by atoms with E-state index in [1.54, 1.807) is 13.0 Å². The second kappa shape index (κ2) is 5.38. The second-order valence-corrected chi connectivity index (χ2v) is 2.91. The van der Waals surface area contributed by atoms with Gasteiger partial charge in [0.15, 0.2) is 0 Å². The van der Waals surface area contributed by atoms with E-state index in [1.165, 1.54) is 12.1 Å².